The van der Waals surface area contributed by atoms with Crippen molar-refractivity contribution in [3.63, 3.8) is 0 Å². The molecule has 0 unspecified atom stereocenters. The number of nitrogens with zero attached hydrogens (tertiary/aromatic N) is 4. The van der Waals surface area contributed by atoms with Gasteiger partial charge in [-0.1, -0.05) is 0 Å². The molecule has 2 rings (SSSR count). The maximum Gasteiger partial charge on any atom is 0.332 e. The predicted octanol–water partition coefficient (Wildman–Crippen LogP) is 0.245. The summed E-state index contributed by atoms with van der Waals surface area (Å²) in [4.78, 5) is 28.5. The largest absolute Gasteiger partial charge is 0.332 e. The number of aryl methyl sites for hydroxylation is 3. The molecule has 6 heteroatoms. The zero-order valence-electron chi connectivity index (χ0n) is 10.5. The Kier molecular flexibility index (Phi) is 2.65. The first-order valence-electron chi connectivity index (χ1n) is 5.69. The van der Waals surface area contributed by atoms with E-state index in [9.17, 15) is 9.59 Å². The average molecular weight is 236 g/mol. The Bertz CT molecular complexity index is 690. The molecule has 2 aromatic rings. The number of imidazole rings is 1. The molecule has 92 valence electrons. The van der Waals surface area contributed by atoms with E-state index >= 15 is 0 Å². The summed E-state index contributed by atoms with van der Waals surface area (Å²) in [5.74, 6) is 0.729. The fourth-order valence-corrected chi connectivity index (χ4v) is 2.04. The van der Waals surface area contributed by atoms with Crippen molar-refractivity contribution in [2.45, 2.75) is 33.9 Å². The van der Waals surface area contributed by atoms with Crippen LogP contribution < -0.4 is 11.2 Å². The Balaban J connectivity index is 3.12. The van der Waals surface area contributed by atoms with E-state index in [4.69, 9.17) is 0 Å². The van der Waals surface area contributed by atoms with Crippen LogP contribution in [0.1, 0.15) is 19.7 Å². The van der Waals surface area contributed by atoms with Crippen LogP contribution in [0.2, 0.25) is 0 Å². The molecular formula is C11H16N4O2. The highest BCUT2D eigenvalue weighted by Crippen LogP contribution is 2.08. The summed E-state index contributed by atoms with van der Waals surface area (Å²) in [7, 11) is 1.79. The molecule has 0 saturated carbocycles. The van der Waals surface area contributed by atoms with Crippen LogP contribution in [-0.2, 0) is 20.1 Å². The molecule has 0 radical (unpaired) electrons. The second kappa shape index (κ2) is 3.87. The van der Waals surface area contributed by atoms with Crippen LogP contribution in [0, 0.1) is 6.92 Å². The topological polar surface area (TPSA) is 61.8 Å². The fraction of sp³-hybridized carbons (Fsp3) is 0.545. The molecule has 0 N–H and O–H groups in total. The van der Waals surface area contributed by atoms with Crippen molar-refractivity contribution in [1.82, 2.24) is 18.7 Å². The third-order valence-corrected chi connectivity index (χ3v) is 3.10. The summed E-state index contributed by atoms with van der Waals surface area (Å²) in [6.07, 6.45) is 0. The number of fused-ring (bicyclic) bond motifs is 1. The van der Waals surface area contributed by atoms with Crippen LogP contribution >= 0.6 is 0 Å². The van der Waals surface area contributed by atoms with Crippen molar-refractivity contribution < 1.29 is 0 Å². The standard InChI is InChI=1S/C11H16N4O2/c1-5-14-9-8(13(4)7(3)12-9)10(16)15(6-2)11(14)17/h5-6H2,1-4H3. The molecule has 0 fully saturated rings. The van der Waals surface area contributed by atoms with Gasteiger partial charge in [-0.05, 0) is 20.8 Å². The van der Waals surface area contributed by atoms with E-state index < -0.39 is 0 Å². The van der Waals surface area contributed by atoms with Gasteiger partial charge in [0.25, 0.3) is 5.56 Å². The van der Waals surface area contributed by atoms with Crippen molar-refractivity contribution in [2.75, 3.05) is 0 Å². The lowest BCUT2D eigenvalue weighted by molar-refractivity contribution is 0.604. The van der Waals surface area contributed by atoms with Crippen LogP contribution in [0.15, 0.2) is 9.59 Å². The normalized spacial score (nSPS) is 11.3. The van der Waals surface area contributed by atoms with Crippen molar-refractivity contribution in [3.8, 4) is 0 Å². The van der Waals surface area contributed by atoms with E-state index in [-0.39, 0.29) is 11.2 Å². The molecule has 0 atom stereocenters. The van der Waals surface area contributed by atoms with Gasteiger partial charge in [-0.25, -0.2) is 9.78 Å². The monoisotopic (exact) mass is 236 g/mol. The van der Waals surface area contributed by atoms with Crippen molar-refractivity contribution >= 4 is 11.2 Å². The van der Waals surface area contributed by atoms with Crippen molar-refractivity contribution in [1.29, 1.82) is 0 Å². The summed E-state index contributed by atoms with van der Waals surface area (Å²) < 4.78 is 4.51. The van der Waals surface area contributed by atoms with Crippen molar-refractivity contribution in [3.05, 3.63) is 26.7 Å². The number of hydrogen-bond donors (Lipinski definition) is 0. The zero-order valence-corrected chi connectivity index (χ0v) is 10.5. The summed E-state index contributed by atoms with van der Waals surface area (Å²) in [5, 5.41) is 0. The molecule has 0 aliphatic carbocycles. The van der Waals surface area contributed by atoms with Crippen LogP contribution in [-0.4, -0.2) is 18.7 Å². The second-order valence-corrected chi connectivity index (χ2v) is 3.97. The van der Waals surface area contributed by atoms with Gasteiger partial charge >= 0.3 is 5.69 Å². The summed E-state index contributed by atoms with van der Waals surface area (Å²) in [5.41, 5.74) is 0.420. The van der Waals surface area contributed by atoms with Gasteiger partial charge in [-0.15, -0.1) is 0 Å². The Morgan fingerprint density at radius 2 is 1.71 bits per heavy atom. The number of rotatable bonds is 2. The minimum Gasteiger partial charge on any atom is -0.325 e. The minimum absolute atomic E-state index is 0.264. The molecule has 0 aliphatic heterocycles. The summed E-state index contributed by atoms with van der Waals surface area (Å²) in [6.45, 7) is 6.36. The number of aromatic nitrogens is 4. The van der Waals surface area contributed by atoms with E-state index in [1.165, 1.54) is 9.13 Å². The molecular weight excluding hydrogens is 220 g/mol. The van der Waals surface area contributed by atoms with Crippen LogP contribution in [0.25, 0.3) is 11.2 Å². The van der Waals surface area contributed by atoms with Gasteiger partial charge in [0.1, 0.15) is 5.82 Å². The molecule has 0 aromatic carbocycles. The number of hydrogen-bond acceptors (Lipinski definition) is 3. The maximum atomic E-state index is 12.2. The van der Waals surface area contributed by atoms with Gasteiger partial charge in [-0.2, -0.15) is 0 Å². The van der Waals surface area contributed by atoms with E-state index in [0.717, 1.165) is 5.82 Å². The molecule has 0 saturated heterocycles. The van der Waals surface area contributed by atoms with Gasteiger partial charge < -0.3 is 4.57 Å². The Hall–Kier alpha value is -1.85. The van der Waals surface area contributed by atoms with Gasteiger partial charge in [-0.3, -0.25) is 13.9 Å². The first-order chi connectivity index (χ1) is 8.02. The molecule has 2 heterocycles. The second-order valence-electron chi connectivity index (χ2n) is 3.97. The summed E-state index contributed by atoms with van der Waals surface area (Å²) in [6, 6.07) is 0. The molecule has 0 bridgehead atoms. The fourth-order valence-electron chi connectivity index (χ4n) is 2.04. The molecule has 0 amide bonds. The first kappa shape index (κ1) is 11.6. The average Bonchev–Trinajstić information content (AvgIpc) is 2.57. The lowest BCUT2D eigenvalue weighted by Crippen LogP contribution is -2.39. The lowest BCUT2D eigenvalue weighted by atomic mass is 10.4. The predicted molar refractivity (Wildman–Crippen MR) is 65.3 cm³/mol. The lowest BCUT2D eigenvalue weighted by Gasteiger charge is -2.08. The van der Waals surface area contributed by atoms with Gasteiger partial charge in [0.2, 0.25) is 0 Å². The van der Waals surface area contributed by atoms with E-state index in [2.05, 4.69) is 4.98 Å². The van der Waals surface area contributed by atoms with Gasteiger partial charge in [0, 0.05) is 20.1 Å². The van der Waals surface area contributed by atoms with Gasteiger partial charge in [0.15, 0.2) is 11.2 Å². The highest BCUT2D eigenvalue weighted by molar-refractivity contribution is 5.70. The van der Waals surface area contributed by atoms with Gasteiger partial charge in [0.05, 0.1) is 0 Å². The van der Waals surface area contributed by atoms with E-state index in [1.54, 1.807) is 18.5 Å². The van der Waals surface area contributed by atoms with Crippen LogP contribution in [0.3, 0.4) is 0 Å². The summed E-state index contributed by atoms with van der Waals surface area (Å²) >= 11 is 0. The Morgan fingerprint density at radius 1 is 1.12 bits per heavy atom. The highest BCUT2D eigenvalue weighted by atomic mass is 16.2. The Labute approximate surface area is 98.1 Å². The third kappa shape index (κ3) is 1.44. The molecule has 0 aliphatic rings. The third-order valence-electron chi connectivity index (χ3n) is 3.10. The van der Waals surface area contributed by atoms with Crippen LogP contribution in [0.4, 0.5) is 0 Å². The minimum atomic E-state index is -0.286. The Morgan fingerprint density at radius 3 is 2.24 bits per heavy atom. The quantitative estimate of drug-likeness (QED) is 0.750. The SMILES string of the molecule is CCn1c(=O)c2c(nc(C)n2C)n(CC)c1=O. The zero-order chi connectivity index (χ0) is 12.7. The first-order valence-corrected chi connectivity index (χ1v) is 5.69. The van der Waals surface area contributed by atoms with E-state index in [1.807, 2.05) is 13.8 Å². The molecule has 6 nitrogen and oxygen atoms in total. The maximum absolute atomic E-state index is 12.2. The highest BCUT2D eigenvalue weighted by Gasteiger charge is 2.16. The van der Waals surface area contributed by atoms with Crippen LogP contribution in [0.5, 0.6) is 0 Å². The molecule has 0 spiro atoms. The van der Waals surface area contributed by atoms with E-state index in [0.29, 0.717) is 24.3 Å². The molecule has 2 aromatic heterocycles. The smallest absolute Gasteiger partial charge is 0.325 e. The van der Waals surface area contributed by atoms with Crippen molar-refractivity contribution in [2.24, 2.45) is 7.05 Å². The molecule has 17 heavy (non-hydrogen) atoms.